The van der Waals surface area contributed by atoms with E-state index in [9.17, 15) is 9.90 Å². The lowest BCUT2D eigenvalue weighted by Gasteiger charge is -2.13. The molecule has 1 aromatic carbocycles. The molecule has 0 unspecified atom stereocenters. The van der Waals surface area contributed by atoms with E-state index in [4.69, 9.17) is 10.5 Å². The second kappa shape index (κ2) is 7.01. The van der Waals surface area contributed by atoms with Crippen molar-refractivity contribution >= 4 is 5.97 Å². The number of esters is 1. The maximum atomic E-state index is 10.8. The molecule has 18 heavy (non-hydrogen) atoms. The molecule has 0 spiro atoms. The summed E-state index contributed by atoms with van der Waals surface area (Å²) in [4.78, 5) is 10.8. The van der Waals surface area contributed by atoms with E-state index in [0.29, 0.717) is 0 Å². The lowest BCUT2D eigenvalue weighted by molar-refractivity contribution is -0.132. The molecule has 3 N–H and O–H groups in total. The third-order valence-electron chi connectivity index (χ3n) is 2.78. The van der Waals surface area contributed by atoms with Gasteiger partial charge in [-0.2, -0.15) is 0 Å². The number of benzene rings is 1. The minimum Gasteiger partial charge on any atom is -0.504 e. The van der Waals surface area contributed by atoms with Gasteiger partial charge in [0.2, 0.25) is 0 Å². The molecule has 0 aliphatic carbocycles. The van der Waals surface area contributed by atoms with Gasteiger partial charge >= 0.3 is 5.97 Å². The minimum atomic E-state index is -0.453. The first kappa shape index (κ1) is 14.5. The largest absolute Gasteiger partial charge is 0.504 e. The number of carbonyl (C=O) groups is 1. The van der Waals surface area contributed by atoms with E-state index in [1.807, 2.05) is 0 Å². The Morgan fingerprint density at radius 3 is 2.72 bits per heavy atom. The Bertz CT molecular complexity index is 404. The molecule has 1 atom stereocenters. The summed E-state index contributed by atoms with van der Waals surface area (Å²) in [5.74, 6) is -0.328. The van der Waals surface area contributed by atoms with Crippen molar-refractivity contribution in [1.82, 2.24) is 0 Å². The van der Waals surface area contributed by atoms with Crippen LogP contribution in [0.25, 0.3) is 0 Å². The molecule has 0 aliphatic rings. The zero-order valence-corrected chi connectivity index (χ0v) is 11.0. The van der Waals surface area contributed by atoms with Crippen molar-refractivity contribution in [2.75, 3.05) is 0 Å². The van der Waals surface area contributed by atoms with Crippen molar-refractivity contribution < 1.29 is 14.6 Å². The molecule has 0 radical (unpaired) electrons. The third-order valence-corrected chi connectivity index (χ3v) is 2.78. The van der Waals surface area contributed by atoms with Crippen LogP contribution >= 0.6 is 0 Å². The first-order valence-electron chi connectivity index (χ1n) is 6.31. The van der Waals surface area contributed by atoms with Gasteiger partial charge in [-0.05, 0) is 24.1 Å². The quantitative estimate of drug-likeness (QED) is 0.463. The fourth-order valence-electron chi connectivity index (χ4n) is 1.79. The van der Waals surface area contributed by atoms with Gasteiger partial charge in [0.25, 0.3) is 0 Å². The molecule has 0 heterocycles. The lowest BCUT2D eigenvalue weighted by atomic mass is 10.0. The summed E-state index contributed by atoms with van der Waals surface area (Å²) in [7, 11) is 0. The van der Waals surface area contributed by atoms with E-state index >= 15 is 0 Å². The maximum absolute atomic E-state index is 10.8. The monoisotopic (exact) mass is 251 g/mol. The fourth-order valence-corrected chi connectivity index (χ4v) is 1.79. The van der Waals surface area contributed by atoms with Crippen LogP contribution in [-0.2, 0) is 4.79 Å². The highest BCUT2D eigenvalue weighted by molar-refractivity contribution is 5.70. The highest BCUT2D eigenvalue weighted by Crippen LogP contribution is 2.30. The van der Waals surface area contributed by atoms with E-state index < -0.39 is 5.97 Å². The summed E-state index contributed by atoms with van der Waals surface area (Å²) in [5.41, 5.74) is 6.90. The third kappa shape index (κ3) is 4.37. The Hall–Kier alpha value is -1.55. The van der Waals surface area contributed by atoms with Gasteiger partial charge in [-0.1, -0.05) is 32.3 Å². The highest BCUT2D eigenvalue weighted by atomic mass is 16.5. The van der Waals surface area contributed by atoms with Crippen LogP contribution in [-0.4, -0.2) is 11.1 Å². The van der Waals surface area contributed by atoms with Gasteiger partial charge in [0, 0.05) is 13.0 Å². The Morgan fingerprint density at radius 2 is 2.17 bits per heavy atom. The van der Waals surface area contributed by atoms with Crippen molar-refractivity contribution in [1.29, 1.82) is 0 Å². The number of phenols is 1. The number of unbranched alkanes of at least 4 members (excludes halogenated alkanes) is 2. The molecule has 0 saturated heterocycles. The number of hydrogen-bond donors (Lipinski definition) is 2. The Morgan fingerprint density at radius 1 is 1.44 bits per heavy atom. The molecule has 1 rings (SSSR count). The summed E-state index contributed by atoms with van der Waals surface area (Å²) in [6.45, 7) is 3.44. The van der Waals surface area contributed by atoms with Gasteiger partial charge in [0.05, 0.1) is 0 Å². The molecule has 4 heteroatoms. The predicted octanol–water partition coefficient (Wildman–Crippen LogP) is 2.90. The average molecular weight is 251 g/mol. The van der Waals surface area contributed by atoms with Crippen LogP contribution in [0.15, 0.2) is 18.2 Å². The van der Waals surface area contributed by atoms with Crippen LogP contribution in [0.3, 0.4) is 0 Å². The topological polar surface area (TPSA) is 72.5 Å². The average Bonchev–Trinajstić information content (AvgIpc) is 2.31. The normalized spacial score (nSPS) is 12.2. The maximum Gasteiger partial charge on any atom is 0.308 e. The predicted molar refractivity (Wildman–Crippen MR) is 70.5 cm³/mol. The fraction of sp³-hybridized carbons (Fsp3) is 0.500. The zero-order chi connectivity index (χ0) is 13.5. The minimum absolute atomic E-state index is 0.0476. The molecule has 100 valence electrons. The molecule has 0 amide bonds. The number of carbonyl (C=O) groups excluding carboxylic acids is 1. The molecule has 0 fully saturated rings. The van der Waals surface area contributed by atoms with Gasteiger partial charge < -0.3 is 15.6 Å². The molecule has 0 aromatic heterocycles. The van der Waals surface area contributed by atoms with Crippen LogP contribution in [0.4, 0.5) is 0 Å². The van der Waals surface area contributed by atoms with Gasteiger partial charge in [0.15, 0.2) is 11.5 Å². The van der Waals surface area contributed by atoms with E-state index in [2.05, 4.69) is 6.92 Å². The molecule has 0 saturated carbocycles. The van der Waals surface area contributed by atoms with E-state index in [1.165, 1.54) is 6.92 Å². The van der Waals surface area contributed by atoms with Crippen LogP contribution in [0.1, 0.15) is 51.1 Å². The Balaban J connectivity index is 2.68. The Kier molecular flexibility index (Phi) is 5.65. The number of hydrogen-bond acceptors (Lipinski definition) is 4. The van der Waals surface area contributed by atoms with E-state index in [0.717, 1.165) is 31.2 Å². The number of phenolic OH excluding ortho intramolecular Hbond substituents is 1. The van der Waals surface area contributed by atoms with Crippen molar-refractivity contribution in [3.63, 3.8) is 0 Å². The van der Waals surface area contributed by atoms with Gasteiger partial charge in [0.1, 0.15) is 0 Å². The van der Waals surface area contributed by atoms with Crippen LogP contribution in [0.2, 0.25) is 0 Å². The first-order chi connectivity index (χ1) is 8.54. The van der Waals surface area contributed by atoms with Gasteiger partial charge in [-0.3, -0.25) is 4.79 Å². The molecular weight excluding hydrogens is 230 g/mol. The number of nitrogens with two attached hydrogens (primary N) is 1. The van der Waals surface area contributed by atoms with Crippen LogP contribution < -0.4 is 10.5 Å². The van der Waals surface area contributed by atoms with Crippen molar-refractivity contribution in [2.45, 2.75) is 45.6 Å². The first-order valence-corrected chi connectivity index (χ1v) is 6.31. The van der Waals surface area contributed by atoms with Gasteiger partial charge in [-0.15, -0.1) is 0 Å². The summed E-state index contributed by atoms with van der Waals surface area (Å²) in [6, 6.07) is 4.84. The number of aromatic hydroxyl groups is 1. The van der Waals surface area contributed by atoms with E-state index in [1.54, 1.807) is 18.2 Å². The molecule has 1 aromatic rings. The van der Waals surface area contributed by atoms with Crippen LogP contribution in [0, 0.1) is 0 Å². The second-order valence-electron chi connectivity index (χ2n) is 4.42. The molecular formula is C14H21NO3. The summed E-state index contributed by atoms with van der Waals surface area (Å²) >= 11 is 0. The number of rotatable bonds is 6. The molecule has 4 nitrogen and oxygen atoms in total. The van der Waals surface area contributed by atoms with Gasteiger partial charge in [-0.25, -0.2) is 0 Å². The molecule has 0 aliphatic heterocycles. The van der Waals surface area contributed by atoms with Crippen molar-refractivity contribution in [3.05, 3.63) is 23.8 Å². The Labute approximate surface area is 108 Å². The summed E-state index contributed by atoms with van der Waals surface area (Å²) in [5, 5.41) is 9.73. The van der Waals surface area contributed by atoms with Crippen molar-refractivity contribution in [3.8, 4) is 11.5 Å². The SMILES string of the molecule is CCCCC[C@H](N)c1ccc(OC(C)=O)c(O)c1. The summed E-state index contributed by atoms with van der Waals surface area (Å²) < 4.78 is 4.85. The molecule has 0 bridgehead atoms. The van der Waals surface area contributed by atoms with Crippen LogP contribution in [0.5, 0.6) is 11.5 Å². The smallest absolute Gasteiger partial charge is 0.308 e. The van der Waals surface area contributed by atoms with E-state index in [-0.39, 0.29) is 17.5 Å². The standard InChI is InChI=1S/C14H21NO3/c1-3-4-5-6-12(15)11-7-8-14(13(17)9-11)18-10(2)16/h7-9,12,17H,3-6,15H2,1-2H3/t12-/m0/s1. The zero-order valence-electron chi connectivity index (χ0n) is 11.0. The van der Waals surface area contributed by atoms with Crippen molar-refractivity contribution in [2.24, 2.45) is 5.73 Å². The summed E-state index contributed by atoms with van der Waals surface area (Å²) in [6.07, 6.45) is 4.28. The second-order valence-corrected chi connectivity index (χ2v) is 4.42. The highest BCUT2D eigenvalue weighted by Gasteiger charge is 2.10. The lowest BCUT2D eigenvalue weighted by Crippen LogP contribution is -2.10. The number of ether oxygens (including phenoxy) is 1.